The number of nitrogens with two attached hydrogens (primary N) is 1. The third-order valence-electron chi connectivity index (χ3n) is 2.67. The zero-order valence-corrected chi connectivity index (χ0v) is 12.0. The highest BCUT2D eigenvalue weighted by Crippen LogP contribution is 2.20. The van der Waals surface area contributed by atoms with Gasteiger partial charge in [-0.3, -0.25) is 0 Å². The van der Waals surface area contributed by atoms with Crippen molar-refractivity contribution in [3.8, 4) is 0 Å². The van der Waals surface area contributed by atoms with Gasteiger partial charge in [0, 0.05) is 11.7 Å². The summed E-state index contributed by atoms with van der Waals surface area (Å²) in [6.07, 6.45) is 0.641. The molecule has 0 saturated carbocycles. The molecule has 0 radical (unpaired) electrons. The number of rotatable bonds is 5. The van der Waals surface area contributed by atoms with Crippen LogP contribution in [0.25, 0.3) is 0 Å². The summed E-state index contributed by atoms with van der Waals surface area (Å²) in [5, 5.41) is 0. The highest BCUT2D eigenvalue weighted by Gasteiger charge is 2.24. The molecule has 0 aliphatic rings. The number of anilines is 1. The van der Waals surface area contributed by atoms with Gasteiger partial charge >= 0.3 is 5.97 Å². The predicted molar refractivity (Wildman–Crippen MR) is 72.3 cm³/mol. The van der Waals surface area contributed by atoms with E-state index in [9.17, 15) is 13.2 Å². The van der Waals surface area contributed by atoms with E-state index < -0.39 is 16.0 Å². The SMILES string of the molecule is CCC(C)NS(=O)(=O)c1ccc(N)cc1C(=O)OC. The van der Waals surface area contributed by atoms with E-state index in [2.05, 4.69) is 9.46 Å². The van der Waals surface area contributed by atoms with Gasteiger partial charge in [0.2, 0.25) is 10.0 Å². The molecular weight excluding hydrogens is 268 g/mol. The number of ether oxygens (including phenoxy) is 1. The number of esters is 1. The summed E-state index contributed by atoms with van der Waals surface area (Å²) in [4.78, 5) is 11.5. The molecule has 1 atom stereocenters. The molecule has 1 aromatic carbocycles. The smallest absolute Gasteiger partial charge is 0.339 e. The average molecular weight is 286 g/mol. The minimum absolute atomic E-state index is 0.0710. The lowest BCUT2D eigenvalue weighted by molar-refractivity contribution is 0.0596. The van der Waals surface area contributed by atoms with Crippen LogP contribution in [0.3, 0.4) is 0 Å². The zero-order chi connectivity index (χ0) is 14.6. The first kappa shape index (κ1) is 15.5. The van der Waals surface area contributed by atoms with Crippen LogP contribution in [0, 0.1) is 0 Å². The number of nitrogen functional groups attached to an aromatic ring is 1. The van der Waals surface area contributed by atoms with Crippen LogP contribution in [0.15, 0.2) is 23.1 Å². The lowest BCUT2D eigenvalue weighted by Gasteiger charge is -2.14. The van der Waals surface area contributed by atoms with E-state index in [0.29, 0.717) is 12.1 Å². The highest BCUT2D eigenvalue weighted by molar-refractivity contribution is 7.89. The Kier molecular flexibility index (Phi) is 4.90. The van der Waals surface area contributed by atoms with Crippen LogP contribution >= 0.6 is 0 Å². The first-order valence-corrected chi connectivity index (χ1v) is 7.30. The summed E-state index contributed by atoms with van der Waals surface area (Å²) in [5.74, 6) is -0.739. The van der Waals surface area contributed by atoms with Gasteiger partial charge in [-0.05, 0) is 31.5 Å². The van der Waals surface area contributed by atoms with E-state index in [1.165, 1.54) is 25.3 Å². The summed E-state index contributed by atoms with van der Waals surface area (Å²) < 4.78 is 31.4. The first-order chi connectivity index (χ1) is 8.81. The summed E-state index contributed by atoms with van der Waals surface area (Å²) >= 11 is 0. The second-order valence-electron chi connectivity index (χ2n) is 4.18. The molecule has 19 heavy (non-hydrogen) atoms. The van der Waals surface area contributed by atoms with Crippen molar-refractivity contribution in [3.05, 3.63) is 23.8 Å². The Bertz CT molecular complexity index is 569. The Morgan fingerprint density at radius 3 is 2.63 bits per heavy atom. The number of carbonyl (C=O) groups excluding carboxylic acids is 1. The highest BCUT2D eigenvalue weighted by atomic mass is 32.2. The van der Waals surface area contributed by atoms with Crippen LogP contribution < -0.4 is 10.5 Å². The Balaban J connectivity index is 3.30. The number of benzene rings is 1. The molecule has 0 amide bonds. The third-order valence-corrected chi connectivity index (χ3v) is 4.31. The minimum Gasteiger partial charge on any atom is -0.465 e. The van der Waals surface area contributed by atoms with Crippen molar-refractivity contribution in [3.63, 3.8) is 0 Å². The first-order valence-electron chi connectivity index (χ1n) is 5.82. The van der Waals surface area contributed by atoms with Gasteiger partial charge in [-0.1, -0.05) is 6.92 Å². The van der Waals surface area contributed by atoms with Gasteiger partial charge in [0.15, 0.2) is 0 Å². The maximum atomic E-state index is 12.2. The maximum Gasteiger partial charge on any atom is 0.339 e. The van der Waals surface area contributed by atoms with E-state index in [1.54, 1.807) is 6.92 Å². The molecule has 1 rings (SSSR count). The summed E-state index contributed by atoms with van der Waals surface area (Å²) in [5.41, 5.74) is 5.79. The fourth-order valence-corrected chi connectivity index (χ4v) is 2.97. The van der Waals surface area contributed by atoms with Gasteiger partial charge in [0.1, 0.15) is 0 Å². The quantitative estimate of drug-likeness (QED) is 0.624. The van der Waals surface area contributed by atoms with E-state index >= 15 is 0 Å². The second-order valence-corrected chi connectivity index (χ2v) is 5.86. The van der Waals surface area contributed by atoms with Gasteiger partial charge in [-0.15, -0.1) is 0 Å². The van der Waals surface area contributed by atoms with Crippen molar-refractivity contribution in [2.24, 2.45) is 0 Å². The Morgan fingerprint density at radius 2 is 2.11 bits per heavy atom. The van der Waals surface area contributed by atoms with Crippen molar-refractivity contribution in [1.29, 1.82) is 0 Å². The average Bonchev–Trinajstić information content (AvgIpc) is 2.36. The lowest BCUT2D eigenvalue weighted by Crippen LogP contribution is -2.33. The summed E-state index contributed by atoms with van der Waals surface area (Å²) in [6.45, 7) is 3.60. The van der Waals surface area contributed by atoms with Gasteiger partial charge in [-0.25, -0.2) is 17.9 Å². The number of sulfonamides is 1. The molecule has 7 heteroatoms. The molecular formula is C12H18N2O4S. The van der Waals surface area contributed by atoms with Crippen LogP contribution in [0.1, 0.15) is 30.6 Å². The Morgan fingerprint density at radius 1 is 1.47 bits per heavy atom. The van der Waals surface area contributed by atoms with E-state index in [4.69, 9.17) is 5.73 Å². The van der Waals surface area contributed by atoms with Crippen LogP contribution in [-0.2, 0) is 14.8 Å². The predicted octanol–water partition coefficient (Wildman–Crippen LogP) is 1.13. The van der Waals surface area contributed by atoms with Gasteiger partial charge in [0.05, 0.1) is 17.6 Å². The molecule has 0 bridgehead atoms. The number of methoxy groups -OCH3 is 1. The van der Waals surface area contributed by atoms with E-state index in [1.807, 2.05) is 6.92 Å². The standard InChI is InChI=1S/C12H18N2O4S/c1-4-8(2)14-19(16,17)11-6-5-9(13)7-10(11)12(15)18-3/h5-8,14H,4,13H2,1-3H3. The molecule has 0 heterocycles. The van der Waals surface area contributed by atoms with Crippen molar-refractivity contribution in [2.45, 2.75) is 31.2 Å². The van der Waals surface area contributed by atoms with Gasteiger partial charge < -0.3 is 10.5 Å². The monoisotopic (exact) mass is 286 g/mol. The Labute approximate surface area is 113 Å². The van der Waals surface area contributed by atoms with Crippen LogP contribution in [0.2, 0.25) is 0 Å². The molecule has 3 N–H and O–H groups in total. The maximum absolute atomic E-state index is 12.2. The molecule has 1 unspecified atom stereocenters. The van der Waals surface area contributed by atoms with Gasteiger partial charge in [0.25, 0.3) is 0 Å². The molecule has 0 spiro atoms. The molecule has 0 aromatic heterocycles. The zero-order valence-electron chi connectivity index (χ0n) is 11.1. The van der Waals surface area contributed by atoms with Crippen molar-refractivity contribution in [1.82, 2.24) is 4.72 Å². The largest absolute Gasteiger partial charge is 0.465 e. The molecule has 106 valence electrons. The molecule has 6 nitrogen and oxygen atoms in total. The topological polar surface area (TPSA) is 98.5 Å². The normalized spacial score (nSPS) is 13.0. The number of hydrogen-bond acceptors (Lipinski definition) is 5. The summed E-state index contributed by atoms with van der Waals surface area (Å²) in [6, 6.07) is 3.79. The number of hydrogen-bond donors (Lipinski definition) is 2. The third kappa shape index (κ3) is 3.68. The van der Waals surface area contributed by atoms with Crippen LogP contribution in [0.5, 0.6) is 0 Å². The van der Waals surface area contributed by atoms with Gasteiger partial charge in [-0.2, -0.15) is 0 Å². The second kappa shape index (κ2) is 6.03. The molecule has 1 aromatic rings. The molecule has 0 fully saturated rings. The fourth-order valence-electron chi connectivity index (χ4n) is 1.46. The molecule has 0 saturated heterocycles. The lowest BCUT2D eigenvalue weighted by atomic mass is 10.2. The van der Waals surface area contributed by atoms with E-state index in [-0.39, 0.29) is 16.5 Å². The van der Waals surface area contributed by atoms with Crippen molar-refractivity contribution < 1.29 is 17.9 Å². The number of carbonyl (C=O) groups is 1. The molecule has 0 aliphatic carbocycles. The fraction of sp³-hybridized carbons (Fsp3) is 0.417. The molecule has 0 aliphatic heterocycles. The minimum atomic E-state index is -3.78. The van der Waals surface area contributed by atoms with Crippen LogP contribution in [-0.4, -0.2) is 27.5 Å². The van der Waals surface area contributed by atoms with E-state index in [0.717, 1.165) is 0 Å². The van der Waals surface area contributed by atoms with Crippen LogP contribution in [0.4, 0.5) is 5.69 Å². The number of nitrogens with one attached hydrogen (secondary N) is 1. The Hall–Kier alpha value is -1.60. The summed E-state index contributed by atoms with van der Waals surface area (Å²) in [7, 11) is -2.60. The van der Waals surface area contributed by atoms with Crippen molar-refractivity contribution in [2.75, 3.05) is 12.8 Å². The van der Waals surface area contributed by atoms with Crippen molar-refractivity contribution >= 4 is 21.7 Å².